The summed E-state index contributed by atoms with van der Waals surface area (Å²) in [5.74, 6) is 2.36. The molecular formula is C20H21BrN4. The van der Waals surface area contributed by atoms with Crippen molar-refractivity contribution in [2.75, 3.05) is 17.2 Å². The summed E-state index contributed by atoms with van der Waals surface area (Å²) in [4.78, 5) is 8.96. The highest BCUT2D eigenvalue weighted by molar-refractivity contribution is 9.10. The van der Waals surface area contributed by atoms with E-state index in [0.717, 1.165) is 46.1 Å². The van der Waals surface area contributed by atoms with Gasteiger partial charge in [0.15, 0.2) is 0 Å². The molecule has 0 fully saturated rings. The van der Waals surface area contributed by atoms with Crippen LogP contribution in [0.3, 0.4) is 0 Å². The van der Waals surface area contributed by atoms with Gasteiger partial charge in [-0.2, -0.15) is 0 Å². The standard InChI is InChI=1S/C20H21BrN4/c1-14-12-17(21)8-9-18(14)25-20-13-19(23-15(2)24-20)22-11-10-16-6-4-3-5-7-16/h3-9,12-13H,10-11H2,1-2H3,(H2,22,23,24,25). The van der Waals surface area contributed by atoms with Crippen molar-refractivity contribution in [3.63, 3.8) is 0 Å². The Morgan fingerprint density at radius 1 is 0.920 bits per heavy atom. The van der Waals surface area contributed by atoms with Gasteiger partial charge in [-0.1, -0.05) is 46.3 Å². The van der Waals surface area contributed by atoms with Crippen LogP contribution in [0.15, 0.2) is 59.1 Å². The highest BCUT2D eigenvalue weighted by Gasteiger charge is 2.05. The minimum absolute atomic E-state index is 0.738. The lowest BCUT2D eigenvalue weighted by atomic mass is 10.1. The maximum absolute atomic E-state index is 4.48. The van der Waals surface area contributed by atoms with Crippen molar-refractivity contribution in [3.8, 4) is 0 Å². The Balaban J connectivity index is 1.67. The van der Waals surface area contributed by atoms with Gasteiger partial charge in [-0.25, -0.2) is 9.97 Å². The number of anilines is 3. The molecule has 3 rings (SSSR count). The average Bonchev–Trinajstić information content (AvgIpc) is 2.58. The van der Waals surface area contributed by atoms with Crippen LogP contribution < -0.4 is 10.6 Å². The molecule has 0 aliphatic carbocycles. The van der Waals surface area contributed by atoms with E-state index in [2.05, 4.69) is 73.8 Å². The van der Waals surface area contributed by atoms with Crippen molar-refractivity contribution in [1.82, 2.24) is 9.97 Å². The molecule has 2 aromatic carbocycles. The molecule has 3 aromatic rings. The number of nitrogens with zero attached hydrogens (tertiary/aromatic N) is 2. The van der Waals surface area contributed by atoms with Crippen molar-refractivity contribution in [2.24, 2.45) is 0 Å². The summed E-state index contributed by atoms with van der Waals surface area (Å²) in [6.07, 6.45) is 0.957. The predicted molar refractivity (Wildman–Crippen MR) is 108 cm³/mol. The first kappa shape index (κ1) is 17.4. The van der Waals surface area contributed by atoms with Gasteiger partial charge in [-0.15, -0.1) is 0 Å². The Bertz CT molecular complexity index is 850. The molecule has 1 heterocycles. The molecule has 0 aliphatic heterocycles. The van der Waals surface area contributed by atoms with Crippen LogP contribution in [-0.4, -0.2) is 16.5 Å². The second kappa shape index (κ2) is 8.12. The fourth-order valence-corrected chi connectivity index (χ4v) is 3.08. The average molecular weight is 397 g/mol. The van der Waals surface area contributed by atoms with Gasteiger partial charge < -0.3 is 10.6 Å². The monoisotopic (exact) mass is 396 g/mol. The summed E-state index contributed by atoms with van der Waals surface area (Å²) in [5.41, 5.74) is 3.50. The molecule has 0 saturated heterocycles. The van der Waals surface area contributed by atoms with E-state index < -0.39 is 0 Å². The van der Waals surface area contributed by atoms with Gasteiger partial charge in [-0.3, -0.25) is 0 Å². The number of hydrogen-bond donors (Lipinski definition) is 2. The first-order chi connectivity index (χ1) is 12.1. The van der Waals surface area contributed by atoms with E-state index in [9.17, 15) is 0 Å². The van der Waals surface area contributed by atoms with Crippen LogP contribution in [0.2, 0.25) is 0 Å². The Hall–Kier alpha value is -2.40. The Morgan fingerprint density at radius 3 is 2.44 bits per heavy atom. The third kappa shape index (κ3) is 5.03. The van der Waals surface area contributed by atoms with E-state index in [4.69, 9.17) is 0 Å². The lowest BCUT2D eigenvalue weighted by molar-refractivity contribution is 0.983. The number of rotatable bonds is 6. The number of nitrogens with one attached hydrogen (secondary N) is 2. The highest BCUT2D eigenvalue weighted by Crippen LogP contribution is 2.24. The van der Waals surface area contributed by atoms with Gasteiger partial charge in [0.25, 0.3) is 0 Å². The maximum Gasteiger partial charge on any atom is 0.136 e. The van der Waals surface area contributed by atoms with Crippen molar-refractivity contribution >= 4 is 33.3 Å². The molecule has 0 aliphatic rings. The minimum atomic E-state index is 0.738. The first-order valence-electron chi connectivity index (χ1n) is 8.27. The Labute approximate surface area is 156 Å². The van der Waals surface area contributed by atoms with Gasteiger partial charge in [-0.05, 0) is 49.6 Å². The lowest BCUT2D eigenvalue weighted by Gasteiger charge is -2.12. The van der Waals surface area contributed by atoms with E-state index >= 15 is 0 Å². The number of halogens is 1. The molecule has 0 bridgehead atoms. The van der Waals surface area contributed by atoms with Crippen LogP contribution in [-0.2, 0) is 6.42 Å². The van der Waals surface area contributed by atoms with Crippen LogP contribution in [0.1, 0.15) is 17.0 Å². The maximum atomic E-state index is 4.48. The zero-order chi connectivity index (χ0) is 17.6. The summed E-state index contributed by atoms with van der Waals surface area (Å²) in [7, 11) is 0. The zero-order valence-corrected chi connectivity index (χ0v) is 16.0. The quantitative estimate of drug-likeness (QED) is 0.596. The summed E-state index contributed by atoms with van der Waals surface area (Å²) in [5, 5.41) is 6.76. The summed E-state index contributed by atoms with van der Waals surface area (Å²) in [6, 6.07) is 18.5. The van der Waals surface area contributed by atoms with E-state index in [0.29, 0.717) is 0 Å². The van der Waals surface area contributed by atoms with Gasteiger partial charge in [0.1, 0.15) is 17.5 Å². The van der Waals surface area contributed by atoms with Gasteiger partial charge in [0.2, 0.25) is 0 Å². The van der Waals surface area contributed by atoms with Gasteiger partial charge >= 0.3 is 0 Å². The molecule has 0 unspecified atom stereocenters. The van der Waals surface area contributed by atoms with Gasteiger partial charge in [0, 0.05) is 22.8 Å². The van der Waals surface area contributed by atoms with E-state index in [-0.39, 0.29) is 0 Å². The number of hydrogen-bond acceptors (Lipinski definition) is 4. The molecule has 0 radical (unpaired) electrons. The predicted octanol–water partition coefficient (Wildman–Crippen LogP) is 5.25. The molecule has 5 heteroatoms. The molecule has 128 valence electrons. The molecule has 2 N–H and O–H groups in total. The third-order valence-corrected chi connectivity index (χ3v) is 4.35. The van der Waals surface area contributed by atoms with Crippen molar-refractivity contribution in [3.05, 3.63) is 76.0 Å². The largest absolute Gasteiger partial charge is 0.370 e. The van der Waals surface area contributed by atoms with Crippen LogP contribution in [0.5, 0.6) is 0 Å². The van der Waals surface area contributed by atoms with Crippen LogP contribution in [0, 0.1) is 13.8 Å². The molecule has 0 spiro atoms. The lowest BCUT2D eigenvalue weighted by Crippen LogP contribution is -2.08. The Morgan fingerprint density at radius 2 is 1.68 bits per heavy atom. The molecular weight excluding hydrogens is 376 g/mol. The summed E-state index contributed by atoms with van der Waals surface area (Å²) >= 11 is 3.49. The van der Waals surface area contributed by atoms with Crippen molar-refractivity contribution in [2.45, 2.75) is 20.3 Å². The van der Waals surface area contributed by atoms with E-state index in [1.54, 1.807) is 0 Å². The first-order valence-corrected chi connectivity index (χ1v) is 9.06. The molecule has 4 nitrogen and oxygen atoms in total. The van der Waals surface area contributed by atoms with Crippen LogP contribution in [0.25, 0.3) is 0 Å². The zero-order valence-electron chi connectivity index (χ0n) is 14.4. The number of aryl methyl sites for hydroxylation is 2. The highest BCUT2D eigenvalue weighted by atomic mass is 79.9. The second-order valence-corrected chi connectivity index (χ2v) is 6.85. The number of benzene rings is 2. The van der Waals surface area contributed by atoms with E-state index in [1.807, 2.05) is 31.2 Å². The smallest absolute Gasteiger partial charge is 0.136 e. The number of aromatic nitrogens is 2. The SMILES string of the molecule is Cc1nc(NCCc2ccccc2)cc(Nc2ccc(Br)cc2C)n1. The van der Waals surface area contributed by atoms with E-state index in [1.165, 1.54) is 5.56 Å². The van der Waals surface area contributed by atoms with Gasteiger partial charge in [0.05, 0.1) is 0 Å². The van der Waals surface area contributed by atoms with Crippen molar-refractivity contribution in [1.29, 1.82) is 0 Å². The molecule has 25 heavy (non-hydrogen) atoms. The fraction of sp³-hybridized carbons (Fsp3) is 0.200. The Kier molecular flexibility index (Phi) is 5.66. The topological polar surface area (TPSA) is 49.8 Å². The third-order valence-electron chi connectivity index (χ3n) is 3.85. The fourth-order valence-electron chi connectivity index (χ4n) is 2.61. The molecule has 0 saturated carbocycles. The molecule has 0 atom stereocenters. The van der Waals surface area contributed by atoms with Crippen molar-refractivity contribution < 1.29 is 0 Å². The summed E-state index contributed by atoms with van der Waals surface area (Å²) < 4.78 is 1.07. The molecule has 0 amide bonds. The minimum Gasteiger partial charge on any atom is -0.370 e. The van der Waals surface area contributed by atoms with Crippen LogP contribution >= 0.6 is 15.9 Å². The second-order valence-electron chi connectivity index (χ2n) is 5.93. The van der Waals surface area contributed by atoms with Crippen LogP contribution in [0.4, 0.5) is 17.3 Å². The molecule has 1 aromatic heterocycles. The normalized spacial score (nSPS) is 10.5. The summed E-state index contributed by atoms with van der Waals surface area (Å²) in [6.45, 7) is 4.80.